The second-order valence-corrected chi connectivity index (χ2v) is 5.20. The number of ether oxygens (including phenoxy) is 1. The summed E-state index contributed by atoms with van der Waals surface area (Å²) >= 11 is 9.16. The highest BCUT2D eigenvalue weighted by atomic mass is 79.9. The molecule has 0 aliphatic carbocycles. The van der Waals surface area contributed by atoms with Gasteiger partial charge in [0.05, 0.1) is 5.02 Å². The van der Waals surface area contributed by atoms with Gasteiger partial charge >= 0.3 is 0 Å². The third-order valence-corrected chi connectivity index (χ3v) is 3.57. The summed E-state index contributed by atoms with van der Waals surface area (Å²) in [5.41, 5.74) is 1.10. The van der Waals surface area contributed by atoms with Crippen molar-refractivity contribution in [3.63, 3.8) is 0 Å². The van der Waals surface area contributed by atoms with E-state index in [2.05, 4.69) is 21.2 Å². The first-order valence-corrected chi connectivity index (χ1v) is 6.84. The molecule has 2 aromatic carbocycles. The van der Waals surface area contributed by atoms with Gasteiger partial charge < -0.3 is 10.1 Å². The van der Waals surface area contributed by atoms with Crippen molar-refractivity contribution in [1.82, 2.24) is 5.32 Å². The van der Waals surface area contributed by atoms with Crippen molar-refractivity contribution >= 4 is 27.5 Å². The Kier molecular flexibility index (Phi) is 4.80. The van der Waals surface area contributed by atoms with E-state index >= 15 is 0 Å². The second-order valence-electron chi connectivity index (χ2n) is 3.94. The van der Waals surface area contributed by atoms with Crippen LogP contribution in [0.3, 0.4) is 0 Å². The van der Waals surface area contributed by atoms with Gasteiger partial charge in [0.25, 0.3) is 0 Å². The van der Waals surface area contributed by atoms with Crippen molar-refractivity contribution in [3.05, 3.63) is 57.3 Å². The highest BCUT2D eigenvalue weighted by Crippen LogP contribution is 2.31. The minimum Gasteiger partial charge on any atom is -0.454 e. The SMILES string of the molecule is CNCc1ccc(Oc2cccc(Cl)c2F)cc1Br. The molecular formula is C14H12BrClFNO. The molecule has 1 N–H and O–H groups in total. The summed E-state index contributed by atoms with van der Waals surface area (Å²) in [4.78, 5) is 0. The summed E-state index contributed by atoms with van der Waals surface area (Å²) in [6.07, 6.45) is 0. The van der Waals surface area contributed by atoms with Gasteiger partial charge in [-0.2, -0.15) is 0 Å². The Balaban J connectivity index is 2.24. The van der Waals surface area contributed by atoms with Gasteiger partial charge in [-0.25, -0.2) is 4.39 Å². The van der Waals surface area contributed by atoms with Crippen molar-refractivity contribution in [1.29, 1.82) is 0 Å². The van der Waals surface area contributed by atoms with Crippen molar-refractivity contribution in [2.75, 3.05) is 7.05 Å². The molecule has 100 valence electrons. The lowest BCUT2D eigenvalue weighted by Gasteiger charge is -2.10. The van der Waals surface area contributed by atoms with Gasteiger partial charge in [0.2, 0.25) is 0 Å². The first-order valence-electron chi connectivity index (χ1n) is 5.66. The smallest absolute Gasteiger partial charge is 0.184 e. The molecule has 0 amide bonds. The van der Waals surface area contributed by atoms with Gasteiger partial charge in [-0.05, 0) is 36.9 Å². The molecule has 0 aliphatic heterocycles. The van der Waals surface area contributed by atoms with Crippen LogP contribution < -0.4 is 10.1 Å². The zero-order valence-electron chi connectivity index (χ0n) is 10.2. The molecular weight excluding hydrogens is 333 g/mol. The van der Waals surface area contributed by atoms with Crippen LogP contribution in [0.4, 0.5) is 4.39 Å². The highest BCUT2D eigenvalue weighted by Gasteiger charge is 2.09. The fraction of sp³-hybridized carbons (Fsp3) is 0.143. The lowest BCUT2D eigenvalue weighted by atomic mass is 10.2. The summed E-state index contributed by atoms with van der Waals surface area (Å²) in [6.45, 7) is 0.742. The van der Waals surface area contributed by atoms with Gasteiger partial charge in [0.1, 0.15) is 5.75 Å². The van der Waals surface area contributed by atoms with Crippen molar-refractivity contribution in [2.24, 2.45) is 0 Å². The Hall–Kier alpha value is -1.10. The van der Waals surface area contributed by atoms with Crippen LogP contribution >= 0.6 is 27.5 Å². The summed E-state index contributed by atoms with van der Waals surface area (Å²) in [5.74, 6) is 0.105. The van der Waals surface area contributed by atoms with E-state index in [1.165, 1.54) is 12.1 Å². The maximum absolute atomic E-state index is 13.7. The Bertz CT molecular complexity index is 592. The van der Waals surface area contributed by atoms with Crippen LogP contribution in [-0.2, 0) is 6.54 Å². The third kappa shape index (κ3) is 3.47. The Morgan fingerprint density at radius 3 is 2.79 bits per heavy atom. The van der Waals surface area contributed by atoms with Gasteiger partial charge in [-0.15, -0.1) is 0 Å². The Labute approximate surface area is 124 Å². The average molecular weight is 345 g/mol. The van der Waals surface area contributed by atoms with Crippen LogP contribution in [0.15, 0.2) is 40.9 Å². The van der Waals surface area contributed by atoms with E-state index in [-0.39, 0.29) is 10.8 Å². The standard InChI is InChI=1S/C14H12BrClFNO/c1-18-8-9-5-6-10(7-11(9)15)19-13-4-2-3-12(16)14(13)17/h2-7,18H,8H2,1H3. The van der Waals surface area contributed by atoms with Crippen LogP contribution in [0, 0.1) is 5.82 Å². The number of halogens is 3. The van der Waals surface area contributed by atoms with E-state index in [1.807, 2.05) is 13.1 Å². The number of benzene rings is 2. The first-order chi connectivity index (χ1) is 9.11. The molecule has 2 aromatic rings. The number of nitrogens with one attached hydrogen (secondary N) is 1. The summed E-state index contributed by atoms with van der Waals surface area (Å²) in [6, 6.07) is 10.2. The lowest BCUT2D eigenvalue weighted by Crippen LogP contribution is -2.05. The monoisotopic (exact) mass is 343 g/mol. The molecule has 2 rings (SSSR count). The molecule has 0 atom stereocenters. The van der Waals surface area contributed by atoms with Gasteiger partial charge in [0, 0.05) is 11.0 Å². The van der Waals surface area contributed by atoms with Crippen LogP contribution in [-0.4, -0.2) is 7.05 Å². The largest absolute Gasteiger partial charge is 0.454 e. The van der Waals surface area contributed by atoms with Crippen molar-refractivity contribution in [2.45, 2.75) is 6.54 Å². The quantitative estimate of drug-likeness (QED) is 0.864. The minimum atomic E-state index is -0.556. The van der Waals surface area contributed by atoms with Crippen LogP contribution in [0.1, 0.15) is 5.56 Å². The Morgan fingerprint density at radius 2 is 2.11 bits per heavy atom. The molecule has 0 aromatic heterocycles. The van der Waals surface area contributed by atoms with Gasteiger partial charge in [-0.3, -0.25) is 0 Å². The van der Waals surface area contributed by atoms with E-state index in [1.54, 1.807) is 18.2 Å². The van der Waals surface area contributed by atoms with Gasteiger partial charge in [-0.1, -0.05) is 39.7 Å². The molecule has 0 aliphatic rings. The van der Waals surface area contributed by atoms with E-state index in [0.29, 0.717) is 5.75 Å². The third-order valence-electron chi connectivity index (χ3n) is 2.54. The molecule has 2 nitrogen and oxygen atoms in total. The van der Waals surface area contributed by atoms with Crippen LogP contribution in [0.25, 0.3) is 0 Å². The van der Waals surface area contributed by atoms with E-state index in [0.717, 1.165) is 16.6 Å². The molecule has 5 heteroatoms. The molecule has 0 unspecified atom stereocenters. The molecule has 0 bridgehead atoms. The van der Waals surface area contributed by atoms with E-state index in [9.17, 15) is 4.39 Å². The number of hydrogen-bond acceptors (Lipinski definition) is 2. The molecule has 0 fully saturated rings. The molecule has 0 spiro atoms. The van der Waals surface area contributed by atoms with E-state index in [4.69, 9.17) is 16.3 Å². The first kappa shape index (κ1) is 14.3. The molecule has 0 heterocycles. The van der Waals surface area contributed by atoms with Crippen molar-refractivity contribution < 1.29 is 9.13 Å². The minimum absolute atomic E-state index is 0.0448. The molecule has 0 radical (unpaired) electrons. The topological polar surface area (TPSA) is 21.3 Å². The predicted octanol–water partition coefficient (Wildman–Crippen LogP) is 4.75. The lowest BCUT2D eigenvalue weighted by molar-refractivity contribution is 0.442. The van der Waals surface area contributed by atoms with Gasteiger partial charge in [0.15, 0.2) is 11.6 Å². The fourth-order valence-electron chi connectivity index (χ4n) is 1.62. The number of rotatable bonds is 4. The van der Waals surface area contributed by atoms with Crippen LogP contribution in [0.5, 0.6) is 11.5 Å². The van der Waals surface area contributed by atoms with E-state index < -0.39 is 5.82 Å². The fourth-order valence-corrected chi connectivity index (χ4v) is 2.28. The average Bonchev–Trinajstić information content (AvgIpc) is 2.38. The molecule has 0 saturated heterocycles. The molecule has 19 heavy (non-hydrogen) atoms. The highest BCUT2D eigenvalue weighted by molar-refractivity contribution is 9.10. The summed E-state index contributed by atoms with van der Waals surface area (Å²) < 4.78 is 20.1. The second kappa shape index (κ2) is 6.37. The maximum atomic E-state index is 13.7. The normalized spacial score (nSPS) is 10.5. The number of hydrogen-bond donors (Lipinski definition) is 1. The molecule has 0 saturated carbocycles. The summed E-state index contributed by atoms with van der Waals surface area (Å²) in [7, 11) is 1.87. The van der Waals surface area contributed by atoms with Crippen LogP contribution in [0.2, 0.25) is 5.02 Å². The van der Waals surface area contributed by atoms with Crippen molar-refractivity contribution in [3.8, 4) is 11.5 Å². The predicted molar refractivity (Wildman–Crippen MR) is 78.4 cm³/mol. The zero-order valence-corrected chi connectivity index (χ0v) is 12.6. The maximum Gasteiger partial charge on any atom is 0.184 e. The summed E-state index contributed by atoms with van der Waals surface area (Å²) in [5, 5.41) is 3.11. The zero-order chi connectivity index (χ0) is 13.8. The Morgan fingerprint density at radius 1 is 1.32 bits per heavy atom.